The van der Waals surface area contributed by atoms with E-state index in [2.05, 4.69) is 28.9 Å². The molecule has 1 aliphatic rings. The van der Waals surface area contributed by atoms with Gasteiger partial charge in [0.15, 0.2) is 0 Å². The summed E-state index contributed by atoms with van der Waals surface area (Å²) in [5.74, 6) is 2.72. The maximum atomic E-state index is 5.97. The summed E-state index contributed by atoms with van der Waals surface area (Å²) < 4.78 is 5.97. The van der Waals surface area contributed by atoms with Gasteiger partial charge in [-0.1, -0.05) is 23.8 Å². The van der Waals surface area contributed by atoms with E-state index in [9.17, 15) is 0 Å². The molecule has 0 saturated carbocycles. The summed E-state index contributed by atoms with van der Waals surface area (Å²) >= 11 is 0. The number of hydrogen-bond donors (Lipinski definition) is 0. The van der Waals surface area contributed by atoms with Crippen LogP contribution in [0.25, 0.3) is 11.5 Å². The first-order valence-electron chi connectivity index (χ1n) is 7.51. The Bertz CT molecular complexity index is 795. The third kappa shape index (κ3) is 2.37. The van der Waals surface area contributed by atoms with Crippen LogP contribution in [0.5, 0.6) is 0 Å². The molecule has 2 aromatic heterocycles. The van der Waals surface area contributed by atoms with Crippen molar-refractivity contribution in [2.24, 2.45) is 0 Å². The van der Waals surface area contributed by atoms with E-state index >= 15 is 0 Å². The highest BCUT2D eigenvalue weighted by Crippen LogP contribution is 2.28. The molecule has 0 amide bonds. The van der Waals surface area contributed by atoms with Crippen LogP contribution in [0.1, 0.15) is 17.0 Å². The molecule has 4 nitrogen and oxygen atoms in total. The maximum absolute atomic E-state index is 5.97. The first-order chi connectivity index (χ1) is 10.8. The monoisotopic (exact) mass is 291 g/mol. The Morgan fingerprint density at radius 2 is 2.09 bits per heavy atom. The van der Waals surface area contributed by atoms with Gasteiger partial charge in [0.05, 0.1) is 6.54 Å². The largest absolute Gasteiger partial charge is 0.441 e. The lowest BCUT2D eigenvalue weighted by molar-refractivity contribution is 0.498. The van der Waals surface area contributed by atoms with Gasteiger partial charge in [-0.15, -0.1) is 0 Å². The number of rotatable bonds is 2. The van der Waals surface area contributed by atoms with Crippen molar-refractivity contribution in [3.63, 3.8) is 0 Å². The minimum atomic E-state index is 0.719. The fourth-order valence-electron chi connectivity index (χ4n) is 2.84. The molecule has 0 aliphatic carbocycles. The van der Waals surface area contributed by atoms with Crippen LogP contribution in [0.4, 0.5) is 5.82 Å². The zero-order chi connectivity index (χ0) is 14.9. The summed E-state index contributed by atoms with van der Waals surface area (Å²) in [5.41, 5.74) is 3.27. The third-order valence-corrected chi connectivity index (χ3v) is 3.97. The average Bonchev–Trinajstić information content (AvgIpc) is 2.99. The highest BCUT2D eigenvalue weighted by Gasteiger charge is 2.23. The molecule has 0 unspecified atom stereocenters. The second-order valence-electron chi connectivity index (χ2n) is 5.62. The standard InChI is InChI=1S/C18H17N3O/c1-13-5-4-6-14(11-13)18-20-15-12-21(10-8-16(15)22-18)17-7-2-3-9-19-17/h2-7,9,11H,8,10,12H2,1H3. The van der Waals surface area contributed by atoms with E-state index in [1.54, 1.807) is 0 Å². The Morgan fingerprint density at radius 1 is 1.14 bits per heavy atom. The van der Waals surface area contributed by atoms with E-state index in [-0.39, 0.29) is 0 Å². The van der Waals surface area contributed by atoms with Gasteiger partial charge in [-0.3, -0.25) is 0 Å². The van der Waals surface area contributed by atoms with E-state index in [0.29, 0.717) is 0 Å². The lowest BCUT2D eigenvalue weighted by Crippen LogP contribution is -2.30. The van der Waals surface area contributed by atoms with Gasteiger partial charge in [0.25, 0.3) is 0 Å². The molecule has 0 bridgehead atoms. The molecule has 0 atom stereocenters. The highest BCUT2D eigenvalue weighted by molar-refractivity contribution is 5.55. The number of benzene rings is 1. The van der Waals surface area contributed by atoms with Crippen molar-refractivity contribution in [3.05, 3.63) is 65.7 Å². The summed E-state index contributed by atoms with van der Waals surface area (Å²) in [6, 6.07) is 14.2. The van der Waals surface area contributed by atoms with Gasteiger partial charge in [0.2, 0.25) is 5.89 Å². The molecule has 1 aromatic carbocycles. The second kappa shape index (κ2) is 5.30. The Labute approximate surface area is 129 Å². The maximum Gasteiger partial charge on any atom is 0.226 e. The van der Waals surface area contributed by atoms with Crippen molar-refractivity contribution in [1.29, 1.82) is 0 Å². The fraction of sp³-hybridized carbons (Fsp3) is 0.222. The number of hydrogen-bond acceptors (Lipinski definition) is 4. The molecule has 3 aromatic rings. The van der Waals surface area contributed by atoms with Crippen molar-refractivity contribution in [2.45, 2.75) is 19.9 Å². The van der Waals surface area contributed by atoms with E-state index in [0.717, 1.165) is 48.2 Å². The van der Waals surface area contributed by atoms with Gasteiger partial charge in [0, 0.05) is 24.7 Å². The van der Waals surface area contributed by atoms with E-state index in [4.69, 9.17) is 9.40 Å². The molecule has 110 valence electrons. The first kappa shape index (κ1) is 13.1. The van der Waals surface area contributed by atoms with Crippen molar-refractivity contribution in [2.75, 3.05) is 11.4 Å². The molecular weight excluding hydrogens is 274 g/mol. The van der Waals surface area contributed by atoms with Gasteiger partial charge in [-0.25, -0.2) is 9.97 Å². The minimum absolute atomic E-state index is 0.719. The zero-order valence-electron chi connectivity index (χ0n) is 12.5. The lowest BCUT2D eigenvalue weighted by atomic mass is 10.1. The van der Waals surface area contributed by atoms with Gasteiger partial charge in [-0.05, 0) is 31.2 Å². The summed E-state index contributed by atoms with van der Waals surface area (Å²) in [6.07, 6.45) is 2.69. The number of pyridine rings is 1. The number of aromatic nitrogens is 2. The fourth-order valence-corrected chi connectivity index (χ4v) is 2.84. The van der Waals surface area contributed by atoms with Crippen LogP contribution < -0.4 is 4.90 Å². The number of oxazole rings is 1. The summed E-state index contributed by atoms with van der Waals surface area (Å²) in [5, 5.41) is 0. The van der Waals surface area contributed by atoms with Crippen LogP contribution in [-0.2, 0) is 13.0 Å². The number of fused-ring (bicyclic) bond motifs is 1. The number of anilines is 1. The third-order valence-electron chi connectivity index (χ3n) is 3.97. The molecule has 0 radical (unpaired) electrons. The molecule has 0 saturated heterocycles. The van der Waals surface area contributed by atoms with Crippen LogP contribution in [0.3, 0.4) is 0 Å². The van der Waals surface area contributed by atoms with Crippen LogP contribution in [0.2, 0.25) is 0 Å². The first-order valence-corrected chi connectivity index (χ1v) is 7.51. The summed E-state index contributed by atoms with van der Waals surface area (Å²) in [6.45, 7) is 3.74. The SMILES string of the molecule is Cc1cccc(-c2nc3c(o2)CCN(c2ccccn2)C3)c1. The zero-order valence-corrected chi connectivity index (χ0v) is 12.5. The van der Waals surface area contributed by atoms with Gasteiger partial charge in [0.1, 0.15) is 17.3 Å². The Balaban J connectivity index is 1.64. The van der Waals surface area contributed by atoms with Crippen LogP contribution in [-0.4, -0.2) is 16.5 Å². The summed E-state index contributed by atoms with van der Waals surface area (Å²) in [7, 11) is 0. The van der Waals surface area contributed by atoms with Crippen LogP contribution in [0.15, 0.2) is 53.1 Å². The topological polar surface area (TPSA) is 42.2 Å². The normalized spacial score (nSPS) is 14.0. The van der Waals surface area contributed by atoms with Gasteiger partial charge < -0.3 is 9.32 Å². The minimum Gasteiger partial charge on any atom is -0.441 e. The van der Waals surface area contributed by atoms with Crippen LogP contribution >= 0.6 is 0 Å². The summed E-state index contributed by atoms with van der Waals surface area (Å²) in [4.78, 5) is 11.4. The molecule has 0 N–H and O–H groups in total. The Kier molecular flexibility index (Phi) is 3.15. The van der Waals surface area contributed by atoms with Crippen molar-refractivity contribution < 1.29 is 4.42 Å². The quantitative estimate of drug-likeness (QED) is 0.723. The van der Waals surface area contributed by atoms with E-state index < -0.39 is 0 Å². The van der Waals surface area contributed by atoms with E-state index in [1.807, 2.05) is 36.5 Å². The lowest BCUT2D eigenvalue weighted by Gasteiger charge is -2.26. The predicted molar refractivity (Wildman–Crippen MR) is 85.7 cm³/mol. The molecule has 22 heavy (non-hydrogen) atoms. The number of nitrogens with zero attached hydrogens (tertiary/aromatic N) is 3. The smallest absolute Gasteiger partial charge is 0.226 e. The van der Waals surface area contributed by atoms with E-state index in [1.165, 1.54) is 5.56 Å². The Morgan fingerprint density at radius 3 is 2.91 bits per heavy atom. The molecule has 4 heteroatoms. The average molecular weight is 291 g/mol. The van der Waals surface area contributed by atoms with Gasteiger partial charge >= 0.3 is 0 Å². The molecule has 0 fully saturated rings. The second-order valence-corrected chi connectivity index (χ2v) is 5.62. The Hall–Kier alpha value is -2.62. The molecule has 3 heterocycles. The molecule has 4 rings (SSSR count). The highest BCUT2D eigenvalue weighted by atomic mass is 16.4. The molecular formula is C18H17N3O. The van der Waals surface area contributed by atoms with Gasteiger partial charge in [-0.2, -0.15) is 0 Å². The van der Waals surface area contributed by atoms with Crippen molar-refractivity contribution >= 4 is 5.82 Å². The van der Waals surface area contributed by atoms with Crippen molar-refractivity contribution in [1.82, 2.24) is 9.97 Å². The molecule has 1 aliphatic heterocycles. The number of aryl methyl sites for hydroxylation is 1. The van der Waals surface area contributed by atoms with Crippen molar-refractivity contribution in [3.8, 4) is 11.5 Å². The van der Waals surface area contributed by atoms with Crippen LogP contribution in [0, 0.1) is 6.92 Å². The molecule has 0 spiro atoms. The predicted octanol–water partition coefficient (Wildman–Crippen LogP) is 3.61.